The molecule has 3 aromatic rings. The number of fused-ring (bicyclic) bond motifs is 3. The van der Waals surface area contributed by atoms with Gasteiger partial charge in [-0.3, -0.25) is 0 Å². The smallest absolute Gasteiger partial charge is 0.201 e. The molecule has 2 aliphatic carbocycles. The summed E-state index contributed by atoms with van der Waals surface area (Å²) in [5, 5.41) is 0. The van der Waals surface area contributed by atoms with Crippen molar-refractivity contribution in [2.45, 2.75) is 72.6 Å². The number of nitrogens with zero attached hydrogens (tertiary/aromatic N) is 1. The molecule has 160 valence electrons. The van der Waals surface area contributed by atoms with E-state index in [-0.39, 0.29) is 0 Å². The van der Waals surface area contributed by atoms with Gasteiger partial charge >= 0.3 is 0 Å². The van der Waals surface area contributed by atoms with Gasteiger partial charge in [0.15, 0.2) is 6.20 Å². The summed E-state index contributed by atoms with van der Waals surface area (Å²) in [6.45, 7) is 11.7. The van der Waals surface area contributed by atoms with Crippen molar-refractivity contribution in [2.24, 2.45) is 12.5 Å². The Morgan fingerprint density at radius 2 is 1.58 bits per heavy atom. The summed E-state index contributed by atoms with van der Waals surface area (Å²) in [5.74, 6) is 0.699. The van der Waals surface area contributed by atoms with E-state index in [1.807, 2.05) is 0 Å². The SMILES string of the molecule is Cc1c[n+](C)c(-c2c(C)ccc3c2Cc2cccc(C)c2-3)cc1C1CCC(C)(C)CC1. The van der Waals surface area contributed by atoms with Crippen molar-refractivity contribution in [1.82, 2.24) is 0 Å². The predicted octanol–water partition coefficient (Wildman–Crippen LogP) is 7.36. The summed E-state index contributed by atoms with van der Waals surface area (Å²) >= 11 is 0. The van der Waals surface area contributed by atoms with Gasteiger partial charge < -0.3 is 0 Å². The molecule has 31 heavy (non-hydrogen) atoms. The molecule has 1 heterocycles. The van der Waals surface area contributed by atoms with E-state index in [4.69, 9.17) is 0 Å². The minimum Gasteiger partial charge on any atom is -0.201 e. The van der Waals surface area contributed by atoms with Gasteiger partial charge in [-0.15, -0.1) is 0 Å². The third-order valence-electron chi connectivity index (χ3n) is 8.07. The van der Waals surface area contributed by atoms with Gasteiger partial charge in [0.1, 0.15) is 7.05 Å². The number of hydrogen-bond donors (Lipinski definition) is 0. The molecule has 0 radical (unpaired) electrons. The van der Waals surface area contributed by atoms with Gasteiger partial charge in [-0.25, -0.2) is 4.57 Å². The van der Waals surface area contributed by atoms with Crippen molar-refractivity contribution >= 4 is 0 Å². The van der Waals surface area contributed by atoms with Crippen LogP contribution in [0.15, 0.2) is 42.6 Å². The van der Waals surface area contributed by atoms with Crippen molar-refractivity contribution in [2.75, 3.05) is 0 Å². The normalized spacial score (nSPS) is 17.5. The quantitative estimate of drug-likeness (QED) is 0.304. The maximum Gasteiger partial charge on any atom is 0.213 e. The maximum absolute atomic E-state index is 2.54. The van der Waals surface area contributed by atoms with Crippen molar-refractivity contribution in [3.8, 4) is 22.4 Å². The highest BCUT2D eigenvalue weighted by Crippen LogP contribution is 2.46. The number of rotatable bonds is 2. The van der Waals surface area contributed by atoms with Gasteiger partial charge in [0, 0.05) is 11.6 Å². The van der Waals surface area contributed by atoms with Crippen LogP contribution in [0, 0.1) is 26.2 Å². The number of hydrogen-bond acceptors (Lipinski definition) is 0. The molecule has 1 fully saturated rings. The van der Waals surface area contributed by atoms with E-state index in [1.165, 1.54) is 75.9 Å². The minimum absolute atomic E-state index is 0.507. The van der Waals surface area contributed by atoms with Crippen molar-refractivity contribution < 1.29 is 4.57 Å². The minimum atomic E-state index is 0.507. The van der Waals surface area contributed by atoms with Crippen molar-refractivity contribution in [1.29, 1.82) is 0 Å². The average Bonchev–Trinajstić information content (AvgIpc) is 3.09. The lowest BCUT2D eigenvalue weighted by atomic mass is 9.70. The van der Waals surface area contributed by atoms with Gasteiger partial charge in [0.25, 0.3) is 0 Å². The van der Waals surface area contributed by atoms with Gasteiger partial charge in [-0.05, 0) is 103 Å². The van der Waals surface area contributed by atoms with Crippen LogP contribution in [0.2, 0.25) is 0 Å². The van der Waals surface area contributed by atoms with Crippen molar-refractivity contribution in [3.05, 3.63) is 76.0 Å². The Hall–Kier alpha value is -2.41. The van der Waals surface area contributed by atoms with E-state index < -0.39 is 0 Å². The second-order valence-corrected chi connectivity index (χ2v) is 10.9. The van der Waals surface area contributed by atoms with Crippen LogP contribution in [0.4, 0.5) is 0 Å². The van der Waals surface area contributed by atoms with Crippen LogP contribution < -0.4 is 4.57 Å². The van der Waals surface area contributed by atoms with E-state index in [9.17, 15) is 0 Å². The molecule has 1 saturated carbocycles. The second-order valence-electron chi connectivity index (χ2n) is 10.9. The predicted molar refractivity (Wildman–Crippen MR) is 130 cm³/mol. The Labute approximate surface area is 188 Å². The zero-order valence-corrected chi connectivity index (χ0v) is 20.1. The summed E-state index contributed by atoms with van der Waals surface area (Å²) in [6, 6.07) is 14.0. The van der Waals surface area contributed by atoms with Crippen LogP contribution in [-0.2, 0) is 13.5 Å². The maximum atomic E-state index is 2.54. The first-order valence-corrected chi connectivity index (χ1v) is 12.0. The molecule has 0 bridgehead atoms. The fourth-order valence-electron chi connectivity index (χ4n) is 6.19. The van der Waals surface area contributed by atoms with E-state index in [0.717, 1.165) is 6.42 Å². The lowest BCUT2D eigenvalue weighted by Crippen LogP contribution is -2.33. The first kappa shape index (κ1) is 20.5. The zero-order valence-electron chi connectivity index (χ0n) is 20.1. The molecule has 0 unspecified atom stereocenters. The van der Waals surface area contributed by atoms with Gasteiger partial charge in [-0.2, -0.15) is 0 Å². The Kier molecular flexibility index (Phi) is 4.84. The van der Waals surface area contributed by atoms with Crippen molar-refractivity contribution in [3.63, 3.8) is 0 Å². The Balaban J connectivity index is 1.64. The zero-order chi connectivity index (χ0) is 21.9. The molecule has 2 aliphatic rings. The highest BCUT2D eigenvalue weighted by molar-refractivity contribution is 5.86. The van der Waals surface area contributed by atoms with Gasteiger partial charge in [0.2, 0.25) is 5.69 Å². The summed E-state index contributed by atoms with van der Waals surface area (Å²) < 4.78 is 2.37. The third kappa shape index (κ3) is 3.43. The van der Waals surface area contributed by atoms with Crippen LogP contribution in [0.3, 0.4) is 0 Å². The molecule has 0 spiro atoms. The fraction of sp³-hybridized carbons (Fsp3) is 0.433. The largest absolute Gasteiger partial charge is 0.213 e. The van der Waals surface area contributed by atoms with Crippen LogP contribution in [-0.4, -0.2) is 0 Å². The van der Waals surface area contributed by atoms with Crippen LogP contribution in [0.25, 0.3) is 22.4 Å². The van der Waals surface area contributed by atoms with E-state index in [1.54, 1.807) is 5.56 Å². The first-order chi connectivity index (χ1) is 14.7. The molecule has 2 aromatic carbocycles. The second kappa shape index (κ2) is 7.33. The number of aromatic nitrogens is 1. The lowest BCUT2D eigenvalue weighted by molar-refractivity contribution is -0.660. The fourth-order valence-corrected chi connectivity index (χ4v) is 6.19. The first-order valence-electron chi connectivity index (χ1n) is 12.0. The molecule has 1 aromatic heterocycles. The Morgan fingerprint density at radius 1 is 0.871 bits per heavy atom. The molecule has 0 N–H and O–H groups in total. The molecule has 0 amide bonds. The standard InChI is InChI=1S/C30H36N/c1-19-8-7-9-23-16-26-24(28(19)23)11-10-20(2)29(26)27-17-25(21(3)18-31(27)6)22-12-14-30(4,5)15-13-22/h7-11,17-18,22H,12-16H2,1-6H3/q+1. The van der Waals surface area contributed by atoms with E-state index in [0.29, 0.717) is 11.3 Å². The van der Waals surface area contributed by atoms with Gasteiger partial charge in [-0.1, -0.05) is 44.2 Å². The number of aryl methyl sites for hydroxylation is 4. The molecule has 0 atom stereocenters. The molecular formula is C30H36N+. The molecule has 1 nitrogen and oxygen atoms in total. The Morgan fingerprint density at radius 3 is 2.32 bits per heavy atom. The van der Waals surface area contributed by atoms with Crippen LogP contribution >= 0.6 is 0 Å². The molecule has 0 aliphatic heterocycles. The highest BCUT2D eigenvalue weighted by atomic mass is 14.9. The summed E-state index contributed by atoms with van der Waals surface area (Å²) in [5.41, 5.74) is 15.0. The molecular weight excluding hydrogens is 374 g/mol. The average molecular weight is 411 g/mol. The highest BCUT2D eigenvalue weighted by Gasteiger charge is 2.31. The number of benzene rings is 2. The Bertz CT molecular complexity index is 1170. The summed E-state index contributed by atoms with van der Waals surface area (Å²) in [6.07, 6.45) is 8.72. The van der Waals surface area contributed by atoms with Crippen LogP contribution in [0.1, 0.15) is 78.8 Å². The molecule has 1 heteroatoms. The summed E-state index contributed by atoms with van der Waals surface area (Å²) in [4.78, 5) is 0. The summed E-state index contributed by atoms with van der Waals surface area (Å²) in [7, 11) is 2.22. The molecule has 0 saturated heterocycles. The third-order valence-corrected chi connectivity index (χ3v) is 8.07. The number of pyridine rings is 1. The molecule has 5 rings (SSSR count). The van der Waals surface area contributed by atoms with Gasteiger partial charge in [0.05, 0.1) is 5.56 Å². The van der Waals surface area contributed by atoms with E-state index in [2.05, 4.69) is 88.8 Å². The van der Waals surface area contributed by atoms with E-state index >= 15 is 0 Å². The topological polar surface area (TPSA) is 3.88 Å². The van der Waals surface area contributed by atoms with Crippen LogP contribution in [0.5, 0.6) is 0 Å². The lowest BCUT2D eigenvalue weighted by Gasteiger charge is -2.35. The monoisotopic (exact) mass is 410 g/mol.